The van der Waals surface area contributed by atoms with E-state index in [0.29, 0.717) is 11.7 Å². The molecule has 0 saturated heterocycles. The first kappa shape index (κ1) is 20.4. The number of rotatable bonds is 6. The second kappa shape index (κ2) is 8.48. The van der Waals surface area contributed by atoms with Crippen LogP contribution in [0.1, 0.15) is 37.0 Å². The lowest BCUT2D eigenvalue weighted by Gasteiger charge is -2.34. The number of aromatic nitrogens is 2. The lowest BCUT2D eigenvalue weighted by atomic mass is 9.69. The van der Waals surface area contributed by atoms with Gasteiger partial charge in [-0.3, -0.25) is 9.59 Å². The molecule has 1 aliphatic rings. The van der Waals surface area contributed by atoms with E-state index in [1.807, 2.05) is 48.5 Å². The quantitative estimate of drug-likeness (QED) is 0.467. The first-order valence-electron chi connectivity index (χ1n) is 10.2. The van der Waals surface area contributed by atoms with Gasteiger partial charge in [0.05, 0.1) is 11.4 Å². The Bertz CT molecular complexity index is 1130. The predicted octanol–water partition coefficient (Wildman–Crippen LogP) is 4.07. The van der Waals surface area contributed by atoms with Crippen molar-refractivity contribution in [1.29, 1.82) is 0 Å². The third-order valence-electron chi connectivity index (χ3n) is 5.81. The summed E-state index contributed by atoms with van der Waals surface area (Å²) in [7, 11) is 0. The van der Waals surface area contributed by atoms with Gasteiger partial charge in [0.15, 0.2) is 5.16 Å². The molecule has 0 unspecified atom stereocenters. The minimum atomic E-state index is -0.249. The van der Waals surface area contributed by atoms with Gasteiger partial charge >= 0.3 is 0 Å². The Morgan fingerprint density at radius 1 is 1.17 bits per heavy atom. The summed E-state index contributed by atoms with van der Waals surface area (Å²) < 4.78 is 0. The molecule has 2 aromatic carbocycles. The van der Waals surface area contributed by atoms with E-state index in [9.17, 15) is 9.59 Å². The van der Waals surface area contributed by atoms with E-state index in [1.54, 1.807) is 0 Å². The molecule has 1 aliphatic carbocycles. The van der Waals surface area contributed by atoms with Crippen LogP contribution in [0.25, 0.3) is 11.3 Å². The molecular formula is C24H25N3O2S. The minimum absolute atomic E-state index is 0.0944. The number of fused-ring (bicyclic) bond motifs is 3. The summed E-state index contributed by atoms with van der Waals surface area (Å²) in [6, 6.07) is 17.9. The number of nitrogens with one attached hydrogen (secondary N) is 2. The first-order valence-corrected chi connectivity index (χ1v) is 11.2. The molecule has 1 aromatic heterocycles. The molecule has 4 rings (SSSR count). The molecule has 0 radical (unpaired) electrons. The molecule has 0 aliphatic heterocycles. The molecule has 6 heteroatoms. The van der Waals surface area contributed by atoms with E-state index in [1.165, 1.54) is 17.3 Å². The van der Waals surface area contributed by atoms with Crippen LogP contribution in [0, 0.1) is 0 Å². The maximum atomic E-state index is 13.0. The molecule has 3 aromatic rings. The van der Waals surface area contributed by atoms with Crippen molar-refractivity contribution in [2.24, 2.45) is 0 Å². The molecule has 1 atom stereocenters. The van der Waals surface area contributed by atoms with Crippen LogP contribution in [0.2, 0.25) is 0 Å². The van der Waals surface area contributed by atoms with Crippen LogP contribution < -0.4 is 10.9 Å². The summed E-state index contributed by atoms with van der Waals surface area (Å²) in [6.07, 6.45) is 1.68. The maximum absolute atomic E-state index is 13.0. The highest BCUT2D eigenvalue weighted by atomic mass is 32.2. The van der Waals surface area contributed by atoms with Gasteiger partial charge < -0.3 is 10.3 Å². The molecule has 0 fully saturated rings. The molecule has 0 spiro atoms. The van der Waals surface area contributed by atoms with Crippen LogP contribution >= 0.6 is 11.8 Å². The van der Waals surface area contributed by atoms with E-state index < -0.39 is 0 Å². The van der Waals surface area contributed by atoms with Gasteiger partial charge in [-0.15, -0.1) is 0 Å². The van der Waals surface area contributed by atoms with E-state index in [0.717, 1.165) is 35.2 Å². The largest absolute Gasteiger partial charge is 0.351 e. The maximum Gasteiger partial charge on any atom is 0.255 e. The monoisotopic (exact) mass is 419 g/mol. The van der Waals surface area contributed by atoms with Gasteiger partial charge in [-0.25, -0.2) is 4.98 Å². The summed E-state index contributed by atoms with van der Waals surface area (Å²) in [4.78, 5) is 33.0. The van der Waals surface area contributed by atoms with Crippen molar-refractivity contribution in [2.75, 3.05) is 5.75 Å². The van der Waals surface area contributed by atoms with Gasteiger partial charge in [0, 0.05) is 23.1 Å². The number of amides is 1. The zero-order valence-electron chi connectivity index (χ0n) is 17.2. The number of hydrogen-bond acceptors (Lipinski definition) is 4. The lowest BCUT2D eigenvalue weighted by molar-refractivity contribution is -0.118. The lowest BCUT2D eigenvalue weighted by Crippen LogP contribution is -2.36. The van der Waals surface area contributed by atoms with Gasteiger partial charge in [-0.1, -0.05) is 80.2 Å². The van der Waals surface area contributed by atoms with Gasteiger partial charge in [0.25, 0.3) is 5.56 Å². The Morgan fingerprint density at radius 2 is 1.90 bits per heavy atom. The Morgan fingerprint density at radius 3 is 2.67 bits per heavy atom. The van der Waals surface area contributed by atoms with Gasteiger partial charge in [0.1, 0.15) is 0 Å². The van der Waals surface area contributed by atoms with Crippen molar-refractivity contribution in [3.05, 3.63) is 81.6 Å². The minimum Gasteiger partial charge on any atom is -0.351 e. The van der Waals surface area contributed by atoms with E-state index in [4.69, 9.17) is 4.98 Å². The standard InChI is InChI=1S/C24H25N3O2S/c1-3-24(2)13-17-11-7-8-12-18(17)21-20(24)22(29)27-23(26-21)30-15-19(28)25-14-16-9-5-4-6-10-16/h4-12H,3,13-15H2,1-2H3,(H,25,28)(H,26,27,29)/t24-/m1/s1. The van der Waals surface area contributed by atoms with Crippen LogP contribution in [0.5, 0.6) is 0 Å². The number of benzene rings is 2. The number of thioether (sulfide) groups is 1. The second-order valence-corrected chi connectivity index (χ2v) is 8.86. The number of nitrogens with zero attached hydrogens (tertiary/aromatic N) is 1. The molecular weight excluding hydrogens is 394 g/mol. The topological polar surface area (TPSA) is 74.8 Å². The number of hydrogen-bond donors (Lipinski definition) is 2. The smallest absolute Gasteiger partial charge is 0.255 e. The summed E-state index contributed by atoms with van der Waals surface area (Å²) in [6.45, 7) is 4.72. The van der Waals surface area contributed by atoms with Gasteiger partial charge in [-0.2, -0.15) is 0 Å². The molecule has 0 saturated carbocycles. The fourth-order valence-electron chi connectivity index (χ4n) is 3.97. The Balaban J connectivity index is 1.55. The van der Waals surface area contributed by atoms with E-state index >= 15 is 0 Å². The van der Waals surface area contributed by atoms with Crippen molar-refractivity contribution in [3.63, 3.8) is 0 Å². The summed E-state index contributed by atoms with van der Waals surface area (Å²) in [5, 5.41) is 3.38. The zero-order chi connectivity index (χ0) is 21.1. The highest BCUT2D eigenvalue weighted by Gasteiger charge is 2.37. The highest BCUT2D eigenvalue weighted by molar-refractivity contribution is 7.99. The molecule has 30 heavy (non-hydrogen) atoms. The average Bonchev–Trinajstić information content (AvgIpc) is 2.76. The highest BCUT2D eigenvalue weighted by Crippen LogP contribution is 2.42. The Kier molecular flexibility index (Phi) is 5.77. The molecule has 1 amide bonds. The number of carbonyl (C=O) groups excluding carboxylic acids is 1. The molecule has 154 valence electrons. The van der Waals surface area contributed by atoms with Crippen molar-refractivity contribution in [1.82, 2.24) is 15.3 Å². The number of aromatic amines is 1. The first-order chi connectivity index (χ1) is 14.5. The predicted molar refractivity (Wildman–Crippen MR) is 121 cm³/mol. The zero-order valence-corrected chi connectivity index (χ0v) is 18.0. The van der Waals surface area contributed by atoms with Crippen molar-refractivity contribution in [3.8, 4) is 11.3 Å². The fourth-order valence-corrected chi connectivity index (χ4v) is 4.66. The molecule has 1 heterocycles. The summed E-state index contributed by atoms with van der Waals surface area (Å²) >= 11 is 1.25. The average molecular weight is 420 g/mol. The normalized spacial score (nSPS) is 17.1. The number of H-pyrrole nitrogens is 1. The van der Waals surface area contributed by atoms with Crippen LogP contribution in [-0.2, 0) is 23.2 Å². The van der Waals surface area contributed by atoms with Crippen molar-refractivity contribution < 1.29 is 4.79 Å². The molecule has 0 bridgehead atoms. The Labute approximate surface area is 180 Å². The van der Waals surface area contributed by atoms with E-state index in [-0.39, 0.29) is 22.6 Å². The van der Waals surface area contributed by atoms with Gasteiger partial charge in [-0.05, 0) is 24.0 Å². The summed E-state index contributed by atoms with van der Waals surface area (Å²) in [5.41, 5.74) is 4.42. The van der Waals surface area contributed by atoms with E-state index in [2.05, 4.69) is 30.2 Å². The second-order valence-electron chi connectivity index (χ2n) is 7.89. The SMILES string of the molecule is CC[C@]1(C)Cc2ccccc2-c2nc(SCC(=O)NCc3ccccc3)[nH]c(=O)c21. The van der Waals surface area contributed by atoms with Gasteiger partial charge in [0.2, 0.25) is 5.91 Å². The van der Waals surface area contributed by atoms with Crippen LogP contribution in [0.15, 0.2) is 64.5 Å². The molecule has 5 nitrogen and oxygen atoms in total. The van der Waals surface area contributed by atoms with Crippen molar-refractivity contribution >= 4 is 17.7 Å². The van der Waals surface area contributed by atoms with Crippen molar-refractivity contribution in [2.45, 2.75) is 43.8 Å². The summed E-state index contributed by atoms with van der Waals surface area (Å²) in [5.74, 6) is 0.101. The van der Waals surface area contributed by atoms with Crippen LogP contribution in [-0.4, -0.2) is 21.6 Å². The third-order valence-corrected chi connectivity index (χ3v) is 6.68. The number of carbonyl (C=O) groups is 1. The van der Waals surface area contributed by atoms with Crippen LogP contribution in [0.3, 0.4) is 0 Å². The fraction of sp³-hybridized carbons (Fsp3) is 0.292. The van der Waals surface area contributed by atoms with Crippen LogP contribution in [0.4, 0.5) is 0 Å². The third kappa shape index (κ3) is 4.05. The molecule has 2 N–H and O–H groups in total. The Hall–Kier alpha value is -2.86.